The van der Waals surface area contributed by atoms with Crippen LogP contribution in [0.4, 0.5) is 11.5 Å². The Morgan fingerprint density at radius 3 is 2.28 bits per heavy atom. The van der Waals surface area contributed by atoms with Crippen LogP contribution in [0.3, 0.4) is 0 Å². The van der Waals surface area contributed by atoms with Crippen LogP contribution >= 0.6 is 0 Å². The lowest BCUT2D eigenvalue weighted by Crippen LogP contribution is -2.43. The third kappa shape index (κ3) is 3.26. The maximum absolute atomic E-state index is 11.5. The van der Waals surface area contributed by atoms with Crippen molar-refractivity contribution in [3.8, 4) is 0 Å². The van der Waals surface area contributed by atoms with Gasteiger partial charge in [-0.3, -0.25) is 14.9 Å². The molecular weight excluding hydrogens is 325 g/mol. The minimum atomic E-state index is -0.745. The first kappa shape index (κ1) is 17.8. The highest BCUT2D eigenvalue weighted by Crippen LogP contribution is 2.37. The minimum absolute atomic E-state index is 0.110. The van der Waals surface area contributed by atoms with Crippen molar-refractivity contribution < 1.29 is 19.0 Å². The summed E-state index contributed by atoms with van der Waals surface area (Å²) in [7, 11) is -0.745. The average Bonchev–Trinajstić information content (AvgIpc) is 2.75. The topological polar surface area (TPSA) is 94.8 Å². The molecule has 25 heavy (non-hydrogen) atoms. The number of nitro groups is 1. The molecule has 9 heteroatoms. The molecule has 2 fully saturated rings. The molecule has 0 amide bonds. The van der Waals surface area contributed by atoms with Gasteiger partial charge >= 0.3 is 7.12 Å². The van der Waals surface area contributed by atoms with E-state index < -0.39 is 23.2 Å². The van der Waals surface area contributed by atoms with Crippen LogP contribution in [0.5, 0.6) is 0 Å². The fourth-order valence-corrected chi connectivity index (χ4v) is 2.94. The minimum Gasteiger partial charge on any atom is -0.399 e. The summed E-state index contributed by atoms with van der Waals surface area (Å²) in [5.41, 5.74) is -0.696. The lowest BCUT2D eigenvalue weighted by molar-refractivity contribution is -0.385. The molecule has 134 valence electrons. The smallest absolute Gasteiger partial charge is 0.399 e. The average molecular weight is 347 g/mol. The molecule has 2 aliphatic rings. The lowest BCUT2D eigenvalue weighted by atomic mass is 9.78. The number of carbonyl (C=O) groups excluding carboxylic acids is 1. The highest BCUT2D eigenvalue weighted by Gasteiger charge is 2.53. The molecular formula is C16H22BN3O5. The molecule has 0 aromatic carbocycles. The van der Waals surface area contributed by atoms with E-state index in [9.17, 15) is 14.9 Å². The predicted molar refractivity (Wildman–Crippen MR) is 93.1 cm³/mol. The molecule has 1 aromatic rings. The highest BCUT2D eigenvalue weighted by atomic mass is 16.7. The molecule has 0 N–H and O–H groups in total. The van der Waals surface area contributed by atoms with Crippen LogP contribution in [0.15, 0.2) is 12.3 Å². The van der Waals surface area contributed by atoms with E-state index in [0.717, 1.165) is 0 Å². The van der Waals surface area contributed by atoms with Gasteiger partial charge in [0.25, 0.3) is 5.69 Å². The monoisotopic (exact) mass is 347 g/mol. The van der Waals surface area contributed by atoms with Gasteiger partial charge in [-0.25, -0.2) is 4.98 Å². The van der Waals surface area contributed by atoms with Crippen molar-refractivity contribution in [2.24, 2.45) is 0 Å². The van der Waals surface area contributed by atoms with Gasteiger partial charge in [0.2, 0.25) is 0 Å². The van der Waals surface area contributed by atoms with Gasteiger partial charge < -0.3 is 14.2 Å². The number of nitrogens with zero attached hydrogens (tertiary/aromatic N) is 3. The molecule has 0 spiro atoms. The van der Waals surface area contributed by atoms with Crippen LogP contribution in [-0.4, -0.2) is 47.1 Å². The van der Waals surface area contributed by atoms with Gasteiger partial charge in [-0.05, 0) is 27.7 Å². The zero-order valence-corrected chi connectivity index (χ0v) is 14.9. The number of piperidine rings is 1. The molecule has 0 aliphatic carbocycles. The van der Waals surface area contributed by atoms with E-state index in [1.54, 1.807) is 0 Å². The third-order valence-electron chi connectivity index (χ3n) is 5.22. The zero-order valence-electron chi connectivity index (χ0n) is 14.9. The van der Waals surface area contributed by atoms with Crippen LogP contribution in [-0.2, 0) is 14.1 Å². The summed E-state index contributed by atoms with van der Waals surface area (Å²) < 4.78 is 12.1. The van der Waals surface area contributed by atoms with E-state index in [-0.39, 0.29) is 11.5 Å². The molecule has 0 bridgehead atoms. The van der Waals surface area contributed by atoms with E-state index in [0.29, 0.717) is 37.2 Å². The number of rotatable bonds is 3. The Kier molecular flexibility index (Phi) is 4.32. The van der Waals surface area contributed by atoms with Crippen molar-refractivity contribution in [1.29, 1.82) is 0 Å². The Morgan fingerprint density at radius 2 is 1.76 bits per heavy atom. The Bertz CT molecular complexity index is 696. The van der Waals surface area contributed by atoms with Crippen molar-refractivity contribution in [3.63, 3.8) is 0 Å². The molecule has 3 rings (SSSR count). The summed E-state index contributed by atoms with van der Waals surface area (Å²) in [6.45, 7) is 8.79. The van der Waals surface area contributed by atoms with Gasteiger partial charge in [0.15, 0.2) is 0 Å². The summed E-state index contributed by atoms with van der Waals surface area (Å²) >= 11 is 0. The van der Waals surface area contributed by atoms with Gasteiger partial charge in [0, 0.05) is 37.5 Å². The second-order valence-corrected chi connectivity index (χ2v) is 7.48. The maximum Gasteiger partial charge on any atom is 0.498 e. The van der Waals surface area contributed by atoms with Crippen LogP contribution in [0, 0.1) is 10.1 Å². The summed E-state index contributed by atoms with van der Waals surface area (Å²) in [5, 5.41) is 11.2. The molecule has 1 aromatic heterocycles. The molecule has 8 nitrogen and oxygen atoms in total. The molecule has 3 heterocycles. The first-order valence-electron chi connectivity index (χ1n) is 8.37. The Hall–Kier alpha value is -2.00. The van der Waals surface area contributed by atoms with E-state index >= 15 is 0 Å². The van der Waals surface area contributed by atoms with Gasteiger partial charge in [-0.15, -0.1) is 0 Å². The normalized spacial score (nSPS) is 22.3. The Balaban J connectivity index is 1.99. The SMILES string of the molecule is CC1(C)OB(c2cc([N+](=O)[O-])cnc2N2CCC(=O)CC2)OC1(C)C. The maximum atomic E-state index is 11.5. The van der Waals surface area contributed by atoms with E-state index in [2.05, 4.69) is 4.98 Å². The Morgan fingerprint density at radius 1 is 1.20 bits per heavy atom. The van der Waals surface area contributed by atoms with Crippen molar-refractivity contribution in [2.45, 2.75) is 51.7 Å². The number of carbonyl (C=O) groups is 1. The number of pyridine rings is 1. The number of hydrogen-bond acceptors (Lipinski definition) is 7. The van der Waals surface area contributed by atoms with Gasteiger partial charge in [-0.1, -0.05) is 0 Å². The van der Waals surface area contributed by atoms with E-state index in [1.807, 2.05) is 32.6 Å². The third-order valence-corrected chi connectivity index (χ3v) is 5.22. The largest absolute Gasteiger partial charge is 0.498 e. The lowest BCUT2D eigenvalue weighted by Gasteiger charge is -2.32. The summed E-state index contributed by atoms with van der Waals surface area (Å²) in [6, 6.07) is 1.46. The highest BCUT2D eigenvalue weighted by molar-refractivity contribution is 6.63. The molecule has 2 aliphatic heterocycles. The van der Waals surface area contributed by atoms with Gasteiger partial charge in [0.05, 0.1) is 16.1 Å². The van der Waals surface area contributed by atoms with Crippen LogP contribution in [0.1, 0.15) is 40.5 Å². The molecule has 0 radical (unpaired) electrons. The van der Waals surface area contributed by atoms with Crippen LogP contribution in [0.25, 0.3) is 0 Å². The Labute approximate surface area is 146 Å². The fraction of sp³-hybridized carbons (Fsp3) is 0.625. The molecule has 2 saturated heterocycles. The summed E-state index contributed by atoms with van der Waals surface area (Å²) in [6.07, 6.45) is 2.13. The van der Waals surface area contributed by atoms with Gasteiger partial charge in [0.1, 0.15) is 17.8 Å². The standard InChI is InChI=1S/C16H22BN3O5/c1-15(2)16(3,4)25-17(24-15)13-9-11(20(22)23)10-18-14(13)19-7-5-12(21)6-8-19/h9-10H,5-8H2,1-4H3. The van der Waals surface area contributed by atoms with Crippen molar-refractivity contribution >= 4 is 29.9 Å². The first-order valence-corrected chi connectivity index (χ1v) is 8.37. The number of aromatic nitrogens is 1. The van der Waals surface area contributed by atoms with Crippen LogP contribution in [0.2, 0.25) is 0 Å². The second-order valence-electron chi connectivity index (χ2n) is 7.48. The first-order chi connectivity index (χ1) is 11.6. The molecule has 0 saturated carbocycles. The zero-order chi connectivity index (χ0) is 18.4. The quantitative estimate of drug-likeness (QED) is 0.464. The van der Waals surface area contributed by atoms with E-state index in [1.165, 1.54) is 12.3 Å². The van der Waals surface area contributed by atoms with Gasteiger partial charge in [-0.2, -0.15) is 0 Å². The van der Waals surface area contributed by atoms with Crippen molar-refractivity contribution in [1.82, 2.24) is 4.98 Å². The fourth-order valence-electron chi connectivity index (χ4n) is 2.94. The summed E-state index contributed by atoms with van der Waals surface area (Å²) in [5.74, 6) is 0.798. The number of ketones is 1. The molecule has 0 atom stereocenters. The number of anilines is 1. The number of Topliss-reactive ketones (excluding diaryl/α,β-unsaturated/α-hetero) is 1. The molecule has 0 unspecified atom stereocenters. The summed E-state index contributed by atoms with van der Waals surface area (Å²) in [4.78, 5) is 28.5. The predicted octanol–water partition coefficient (Wildman–Crippen LogP) is 1.46. The van der Waals surface area contributed by atoms with Crippen molar-refractivity contribution in [3.05, 3.63) is 22.4 Å². The van der Waals surface area contributed by atoms with Crippen molar-refractivity contribution in [2.75, 3.05) is 18.0 Å². The van der Waals surface area contributed by atoms with Crippen LogP contribution < -0.4 is 10.4 Å². The number of hydrogen-bond donors (Lipinski definition) is 0. The van der Waals surface area contributed by atoms with E-state index in [4.69, 9.17) is 9.31 Å². The second kappa shape index (κ2) is 6.07.